The SMILES string of the molecule is CC(=O)Nc1ccc(S(=O)(=O)N(C)CC(=O)NC2CCCC2CN)cc1.Cl. The average Bonchev–Trinajstić information content (AvgIpc) is 3.01. The molecule has 1 fully saturated rings. The molecule has 27 heavy (non-hydrogen) atoms. The molecule has 10 heteroatoms. The number of nitrogens with two attached hydrogens (primary N) is 1. The summed E-state index contributed by atoms with van der Waals surface area (Å²) < 4.78 is 26.2. The summed E-state index contributed by atoms with van der Waals surface area (Å²) >= 11 is 0. The van der Waals surface area contributed by atoms with Crippen LogP contribution in [-0.4, -0.2) is 50.7 Å². The quantitative estimate of drug-likeness (QED) is 0.608. The van der Waals surface area contributed by atoms with E-state index in [1.807, 2.05) is 0 Å². The van der Waals surface area contributed by atoms with Crippen LogP contribution in [0.3, 0.4) is 0 Å². The number of nitrogens with zero attached hydrogens (tertiary/aromatic N) is 1. The second kappa shape index (κ2) is 10.0. The fourth-order valence-corrected chi connectivity index (χ4v) is 4.27. The topological polar surface area (TPSA) is 122 Å². The van der Waals surface area contributed by atoms with Crippen LogP contribution in [0.2, 0.25) is 0 Å². The van der Waals surface area contributed by atoms with Gasteiger partial charge in [0.15, 0.2) is 0 Å². The maximum absolute atomic E-state index is 12.6. The predicted molar refractivity (Wildman–Crippen MR) is 106 cm³/mol. The summed E-state index contributed by atoms with van der Waals surface area (Å²) in [5.74, 6) is -0.324. The number of nitrogens with one attached hydrogen (secondary N) is 2. The lowest BCUT2D eigenvalue weighted by molar-refractivity contribution is -0.122. The first-order chi connectivity index (χ1) is 12.2. The minimum atomic E-state index is -3.80. The standard InChI is InChI=1S/C17H26N4O4S.ClH/c1-12(22)19-14-6-8-15(9-7-14)26(24,25)21(2)11-17(23)20-16-5-3-4-13(16)10-18;/h6-9,13,16H,3-5,10-11,18H2,1-2H3,(H,19,22)(H,20,23);1H. The zero-order valence-electron chi connectivity index (χ0n) is 15.5. The van der Waals surface area contributed by atoms with Crippen molar-refractivity contribution >= 4 is 39.9 Å². The van der Waals surface area contributed by atoms with Gasteiger partial charge in [-0.05, 0) is 49.6 Å². The highest BCUT2D eigenvalue weighted by atomic mass is 35.5. The lowest BCUT2D eigenvalue weighted by Crippen LogP contribution is -2.45. The first-order valence-corrected chi connectivity index (χ1v) is 10.0. The van der Waals surface area contributed by atoms with E-state index in [2.05, 4.69) is 10.6 Å². The van der Waals surface area contributed by atoms with Crippen molar-refractivity contribution in [2.45, 2.75) is 37.1 Å². The Bertz CT molecular complexity index is 755. The number of amides is 2. The fourth-order valence-electron chi connectivity index (χ4n) is 3.14. The zero-order valence-corrected chi connectivity index (χ0v) is 17.1. The van der Waals surface area contributed by atoms with Crippen molar-refractivity contribution in [3.63, 3.8) is 0 Å². The maximum atomic E-state index is 12.6. The highest BCUT2D eigenvalue weighted by molar-refractivity contribution is 7.89. The molecular formula is C17H27ClN4O4S. The summed E-state index contributed by atoms with van der Waals surface area (Å²) in [5.41, 5.74) is 6.21. The van der Waals surface area contributed by atoms with E-state index in [1.54, 1.807) is 0 Å². The Morgan fingerprint density at radius 1 is 1.22 bits per heavy atom. The summed E-state index contributed by atoms with van der Waals surface area (Å²) in [6.07, 6.45) is 2.87. The third-order valence-corrected chi connectivity index (χ3v) is 6.37. The second-order valence-electron chi connectivity index (χ2n) is 6.57. The number of halogens is 1. The Morgan fingerprint density at radius 3 is 2.41 bits per heavy atom. The third kappa shape index (κ3) is 6.17. The molecule has 0 bridgehead atoms. The van der Waals surface area contributed by atoms with E-state index >= 15 is 0 Å². The van der Waals surface area contributed by atoms with E-state index in [0.29, 0.717) is 12.2 Å². The van der Waals surface area contributed by atoms with Crippen molar-refractivity contribution < 1.29 is 18.0 Å². The Labute approximate surface area is 166 Å². The summed E-state index contributed by atoms with van der Waals surface area (Å²) in [6.45, 7) is 1.62. The van der Waals surface area contributed by atoms with E-state index in [0.717, 1.165) is 23.6 Å². The largest absolute Gasteiger partial charge is 0.352 e. The third-order valence-electron chi connectivity index (χ3n) is 4.56. The number of rotatable bonds is 7. The van der Waals surface area contributed by atoms with Gasteiger partial charge in [0.2, 0.25) is 21.8 Å². The summed E-state index contributed by atoms with van der Waals surface area (Å²) in [7, 11) is -2.43. The number of hydrogen-bond acceptors (Lipinski definition) is 5. The number of carbonyl (C=O) groups excluding carboxylic acids is 2. The molecule has 0 saturated heterocycles. The van der Waals surface area contributed by atoms with Crippen LogP contribution in [-0.2, 0) is 19.6 Å². The molecule has 2 unspecified atom stereocenters. The van der Waals surface area contributed by atoms with Crippen LogP contribution in [0.25, 0.3) is 0 Å². The van der Waals surface area contributed by atoms with E-state index in [9.17, 15) is 18.0 Å². The van der Waals surface area contributed by atoms with Gasteiger partial charge in [0.25, 0.3) is 0 Å². The molecule has 152 valence electrons. The molecule has 0 spiro atoms. The van der Waals surface area contributed by atoms with Crippen molar-refractivity contribution in [2.75, 3.05) is 25.5 Å². The highest BCUT2D eigenvalue weighted by Gasteiger charge is 2.29. The lowest BCUT2D eigenvalue weighted by Gasteiger charge is -2.22. The van der Waals surface area contributed by atoms with Crippen LogP contribution in [0.4, 0.5) is 5.69 Å². The van der Waals surface area contributed by atoms with Crippen LogP contribution < -0.4 is 16.4 Å². The molecule has 0 aromatic heterocycles. The summed E-state index contributed by atoms with van der Waals surface area (Å²) in [5, 5.41) is 5.47. The fraction of sp³-hybridized carbons (Fsp3) is 0.529. The predicted octanol–water partition coefficient (Wildman–Crippen LogP) is 0.931. The van der Waals surface area contributed by atoms with E-state index in [4.69, 9.17) is 5.73 Å². The minimum absolute atomic E-state index is 0. The molecule has 1 aliphatic rings. The number of carbonyl (C=O) groups is 2. The number of benzene rings is 1. The Hall–Kier alpha value is -1.68. The van der Waals surface area contributed by atoms with Gasteiger partial charge >= 0.3 is 0 Å². The number of hydrogen-bond donors (Lipinski definition) is 3. The number of likely N-dealkylation sites (N-methyl/N-ethyl adjacent to an activating group) is 1. The van der Waals surface area contributed by atoms with Crippen molar-refractivity contribution in [2.24, 2.45) is 11.7 Å². The van der Waals surface area contributed by atoms with Gasteiger partial charge in [-0.1, -0.05) is 6.42 Å². The first-order valence-electron chi connectivity index (χ1n) is 8.57. The highest BCUT2D eigenvalue weighted by Crippen LogP contribution is 2.24. The molecule has 1 aromatic carbocycles. The molecule has 4 N–H and O–H groups in total. The number of anilines is 1. The monoisotopic (exact) mass is 418 g/mol. The number of sulfonamides is 1. The molecule has 8 nitrogen and oxygen atoms in total. The average molecular weight is 419 g/mol. The van der Waals surface area contributed by atoms with Gasteiger partial charge in [-0.15, -0.1) is 12.4 Å². The molecule has 1 aliphatic carbocycles. The smallest absolute Gasteiger partial charge is 0.243 e. The van der Waals surface area contributed by atoms with Crippen LogP contribution in [0.1, 0.15) is 26.2 Å². The first kappa shape index (κ1) is 23.4. The Kier molecular flexibility index (Phi) is 8.67. The van der Waals surface area contributed by atoms with Gasteiger partial charge in [0, 0.05) is 25.7 Å². The Morgan fingerprint density at radius 2 is 1.85 bits per heavy atom. The summed E-state index contributed by atoms with van der Waals surface area (Å²) in [6, 6.07) is 5.83. The van der Waals surface area contributed by atoms with Crippen LogP contribution in [0.15, 0.2) is 29.2 Å². The van der Waals surface area contributed by atoms with Crippen molar-refractivity contribution in [1.29, 1.82) is 0 Å². The van der Waals surface area contributed by atoms with E-state index in [1.165, 1.54) is 38.2 Å². The zero-order chi connectivity index (χ0) is 19.3. The van der Waals surface area contributed by atoms with Gasteiger partial charge in [0.05, 0.1) is 11.4 Å². The van der Waals surface area contributed by atoms with Crippen molar-refractivity contribution in [3.8, 4) is 0 Å². The van der Waals surface area contributed by atoms with E-state index in [-0.39, 0.29) is 47.6 Å². The van der Waals surface area contributed by atoms with Crippen molar-refractivity contribution in [3.05, 3.63) is 24.3 Å². The van der Waals surface area contributed by atoms with Gasteiger partial charge in [-0.3, -0.25) is 9.59 Å². The van der Waals surface area contributed by atoms with Crippen molar-refractivity contribution in [1.82, 2.24) is 9.62 Å². The van der Waals surface area contributed by atoms with Crippen LogP contribution >= 0.6 is 12.4 Å². The lowest BCUT2D eigenvalue weighted by atomic mass is 10.0. The molecule has 1 aromatic rings. The van der Waals surface area contributed by atoms with Crippen LogP contribution in [0.5, 0.6) is 0 Å². The minimum Gasteiger partial charge on any atom is -0.352 e. The Balaban J connectivity index is 0.00000364. The molecule has 2 atom stereocenters. The van der Waals surface area contributed by atoms with Gasteiger partial charge in [-0.2, -0.15) is 4.31 Å². The molecular weight excluding hydrogens is 392 g/mol. The molecule has 0 heterocycles. The maximum Gasteiger partial charge on any atom is 0.243 e. The molecule has 0 radical (unpaired) electrons. The molecule has 0 aliphatic heterocycles. The van der Waals surface area contributed by atoms with Crippen LogP contribution in [0, 0.1) is 5.92 Å². The normalized spacial score (nSPS) is 19.4. The van der Waals surface area contributed by atoms with Gasteiger partial charge in [-0.25, -0.2) is 8.42 Å². The molecule has 2 rings (SSSR count). The van der Waals surface area contributed by atoms with Gasteiger partial charge in [0.1, 0.15) is 0 Å². The van der Waals surface area contributed by atoms with E-state index < -0.39 is 10.0 Å². The second-order valence-corrected chi connectivity index (χ2v) is 8.61. The molecule has 2 amide bonds. The summed E-state index contributed by atoms with van der Waals surface area (Å²) in [4.78, 5) is 23.3. The van der Waals surface area contributed by atoms with Gasteiger partial charge < -0.3 is 16.4 Å². The molecule has 1 saturated carbocycles.